The number of nitrogens with zero attached hydrogens (tertiary/aromatic N) is 2. The summed E-state index contributed by atoms with van der Waals surface area (Å²) in [4.78, 5) is 16.3. The SMILES string of the molecule is CC(C)CNC(=O)C(C)n1c(N)nc2cc(Cl)c(F)cc21. The van der Waals surface area contributed by atoms with Crippen LogP contribution in [0.4, 0.5) is 10.3 Å². The number of amides is 1. The third-order valence-corrected chi connectivity index (χ3v) is 3.50. The van der Waals surface area contributed by atoms with Gasteiger partial charge in [-0.05, 0) is 18.9 Å². The highest BCUT2D eigenvalue weighted by molar-refractivity contribution is 6.31. The van der Waals surface area contributed by atoms with E-state index in [4.69, 9.17) is 17.3 Å². The van der Waals surface area contributed by atoms with E-state index in [0.29, 0.717) is 23.5 Å². The van der Waals surface area contributed by atoms with Gasteiger partial charge in [0, 0.05) is 12.6 Å². The van der Waals surface area contributed by atoms with E-state index in [9.17, 15) is 9.18 Å². The van der Waals surface area contributed by atoms with Gasteiger partial charge in [0.25, 0.3) is 0 Å². The quantitative estimate of drug-likeness (QED) is 0.911. The highest BCUT2D eigenvalue weighted by Crippen LogP contribution is 2.27. The number of nitrogen functional groups attached to an aromatic ring is 1. The Morgan fingerprint density at radius 3 is 2.76 bits per heavy atom. The standard InChI is InChI=1S/C14H18ClFN4O/c1-7(2)6-18-13(21)8(3)20-12-5-10(16)9(15)4-11(12)19-14(20)17/h4-5,7-8H,6H2,1-3H3,(H2,17,19)(H,18,21). The monoisotopic (exact) mass is 312 g/mol. The molecule has 0 fully saturated rings. The maximum Gasteiger partial charge on any atom is 0.242 e. The van der Waals surface area contributed by atoms with Crippen molar-refractivity contribution in [3.8, 4) is 0 Å². The van der Waals surface area contributed by atoms with Crippen molar-refractivity contribution >= 4 is 34.5 Å². The first-order valence-electron chi connectivity index (χ1n) is 6.71. The summed E-state index contributed by atoms with van der Waals surface area (Å²) in [7, 11) is 0. The summed E-state index contributed by atoms with van der Waals surface area (Å²) in [6.07, 6.45) is 0. The van der Waals surface area contributed by atoms with Gasteiger partial charge < -0.3 is 11.1 Å². The summed E-state index contributed by atoms with van der Waals surface area (Å²) >= 11 is 5.73. The van der Waals surface area contributed by atoms with Crippen molar-refractivity contribution in [2.75, 3.05) is 12.3 Å². The van der Waals surface area contributed by atoms with Crippen LogP contribution in [0, 0.1) is 11.7 Å². The molecule has 1 aromatic carbocycles. The Labute approximate surface area is 127 Å². The minimum Gasteiger partial charge on any atom is -0.369 e. The first-order valence-corrected chi connectivity index (χ1v) is 7.09. The predicted molar refractivity (Wildman–Crippen MR) is 81.7 cm³/mol. The topological polar surface area (TPSA) is 72.9 Å². The fourth-order valence-electron chi connectivity index (χ4n) is 2.09. The van der Waals surface area contributed by atoms with Gasteiger partial charge in [0.1, 0.15) is 11.9 Å². The number of hydrogen-bond acceptors (Lipinski definition) is 3. The van der Waals surface area contributed by atoms with Crippen LogP contribution in [-0.2, 0) is 4.79 Å². The number of rotatable bonds is 4. The molecule has 0 bridgehead atoms. The van der Waals surface area contributed by atoms with E-state index in [-0.39, 0.29) is 16.9 Å². The van der Waals surface area contributed by atoms with Crippen LogP contribution in [0.2, 0.25) is 5.02 Å². The Bertz CT molecular complexity index is 683. The number of halogens is 2. The predicted octanol–water partition coefficient (Wildman–Crippen LogP) is 2.74. The van der Waals surface area contributed by atoms with E-state index in [1.54, 1.807) is 6.92 Å². The van der Waals surface area contributed by atoms with E-state index < -0.39 is 11.9 Å². The largest absolute Gasteiger partial charge is 0.369 e. The molecule has 2 rings (SSSR count). The molecule has 0 aliphatic carbocycles. The van der Waals surface area contributed by atoms with Gasteiger partial charge >= 0.3 is 0 Å². The van der Waals surface area contributed by atoms with Gasteiger partial charge in [-0.3, -0.25) is 9.36 Å². The average molecular weight is 313 g/mol. The van der Waals surface area contributed by atoms with E-state index in [2.05, 4.69) is 10.3 Å². The number of aromatic nitrogens is 2. The highest BCUT2D eigenvalue weighted by Gasteiger charge is 2.21. The number of nitrogens with two attached hydrogens (primary N) is 1. The van der Waals surface area contributed by atoms with Crippen LogP contribution in [0.15, 0.2) is 12.1 Å². The maximum atomic E-state index is 13.6. The summed E-state index contributed by atoms with van der Waals surface area (Å²) < 4.78 is 15.1. The summed E-state index contributed by atoms with van der Waals surface area (Å²) in [5, 5.41) is 2.80. The van der Waals surface area contributed by atoms with Crippen LogP contribution in [0.5, 0.6) is 0 Å². The molecule has 114 valence electrons. The molecule has 1 unspecified atom stereocenters. The molecule has 2 aromatic rings. The van der Waals surface area contributed by atoms with Crippen molar-refractivity contribution in [3.05, 3.63) is 23.0 Å². The van der Waals surface area contributed by atoms with Gasteiger partial charge in [0.15, 0.2) is 0 Å². The van der Waals surface area contributed by atoms with Crippen LogP contribution in [0.25, 0.3) is 11.0 Å². The van der Waals surface area contributed by atoms with Crippen molar-refractivity contribution < 1.29 is 9.18 Å². The molecule has 7 heteroatoms. The second-order valence-electron chi connectivity index (χ2n) is 5.41. The van der Waals surface area contributed by atoms with Gasteiger partial charge in [0.2, 0.25) is 11.9 Å². The average Bonchev–Trinajstić information content (AvgIpc) is 2.71. The fourth-order valence-corrected chi connectivity index (χ4v) is 2.24. The Kier molecular flexibility index (Phi) is 4.37. The van der Waals surface area contributed by atoms with E-state index in [1.807, 2.05) is 13.8 Å². The highest BCUT2D eigenvalue weighted by atomic mass is 35.5. The van der Waals surface area contributed by atoms with Crippen LogP contribution >= 0.6 is 11.6 Å². The lowest BCUT2D eigenvalue weighted by atomic mass is 10.2. The third kappa shape index (κ3) is 3.10. The van der Waals surface area contributed by atoms with Crippen LogP contribution in [0.1, 0.15) is 26.8 Å². The molecular weight excluding hydrogens is 295 g/mol. The number of hydrogen-bond donors (Lipinski definition) is 2. The number of imidazole rings is 1. The van der Waals surface area contributed by atoms with Gasteiger partial charge in [0.05, 0.1) is 16.1 Å². The number of fused-ring (bicyclic) bond motifs is 1. The van der Waals surface area contributed by atoms with Gasteiger partial charge in [-0.15, -0.1) is 0 Å². The Morgan fingerprint density at radius 2 is 2.14 bits per heavy atom. The van der Waals surface area contributed by atoms with Crippen LogP contribution in [-0.4, -0.2) is 22.0 Å². The minimum atomic E-state index is -0.589. The summed E-state index contributed by atoms with van der Waals surface area (Å²) in [6.45, 7) is 6.27. The zero-order valence-electron chi connectivity index (χ0n) is 12.2. The van der Waals surface area contributed by atoms with Crippen molar-refractivity contribution in [3.63, 3.8) is 0 Å². The minimum absolute atomic E-state index is 0.0240. The fraction of sp³-hybridized carbons (Fsp3) is 0.429. The molecule has 0 saturated carbocycles. The van der Waals surface area contributed by atoms with E-state index in [1.165, 1.54) is 16.7 Å². The van der Waals surface area contributed by atoms with E-state index in [0.717, 1.165) is 0 Å². The molecule has 0 radical (unpaired) electrons. The third-order valence-electron chi connectivity index (χ3n) is 3.21. The number of benzene rings is 1. The van der Waals surface area contributed by atoms with Crippen LogP contribution in [0.3, 0.4) is 0 Å². The molecule has 0 spiro atoms. The molecular formula is C14H18ClFN4O. The number of anilines is 1. The Morgan fingerprint density at radius 1 is 1.48 bits per heavy atom. The number of carbonyl (C=O) groups excluding carboxylic acids is 1. The first-order chi connectivity index (χ1) is 9.81. The first kappa shape index (κ1) is 15.6. The van der Waals surface area contributed by atoms with Crippen molar-refractivity contribution in [2.24, 2.45) is 5.92 Å². The molecule has 1 amide bonds. The molecule has 1 atom stereocenters. The second-order valence-corrected chi connectivity index (χ2v) is 5.82. The molecule has 0 saturated heterocycles. The van der Waals surface area contributed by atoms with Crippen LogP contribution < -0.4 is 11.1 Å². The molecule has 0 aliphatic heterocycles. The van der Waals surface area contributed by atoms with Crippen molar-refractivity contribution in [2.45, 2.75) is 26.8 Å². The van der Waals surface area contributed by atoms with Gasteiger partial charge in [-0.2, -0.15) is 0 Å². The molecule has 3 N–H and O–H groups in total. The lowest BCUT2D eigenvalue weighted by molar-refractivity contribution is -0.123. The van der Waals surface area contributed by atoms with Crippen molar-refractivity contribution in [1.29, 1.82) is 0 Å². The van der Waals surface area contributed by atoms with E-state index >= 15 is 0 Å². The molecule has 21 heavy (non-hydrogen) atoms. The zero-order chi connectivity index (χ0) is 15.7. The zero-order valence-corrected chi connectivity index (χ0v) is 12.9. The maximum absolute atomic E-state index is 13.6. The van der Waals surface area contributed by atoms with Gasteiger partial charge in [-0.1, -0.05) is 25.4 Å². The normalized spacial score (nSPS) is 12.9. The Balaban J connectivity index is 2.39. The number of carbonyl (C=O) groups is 1. The smallest absolute Gasteiger partial charge is 0.242 e. The Hall–Kier alpha value is -1.82. The number of nitrogens with one attached hydrogen (secondary N) is 1. The molecule has 1 heterocycles. The lowest BCUT2D eigenvalue weighted by Gasteiger charge is -2.17. The molecule has 0 aliphatic rings. The summed E-state index contributed by atoms with van der Waals surface area (Å²) in [5.74, 6) is -0.265. The molecule has 5 nitrogen and oxygen atoms in total. The summed E-state index contributed by atoms with van der Waals surface area (Å²) in [5.41, 5.74) is 6.76. The van der Waals surface area contributed by atoms with Crippen molar-refractivity contribution in [1.82, 2.24) is 14.9 Å². The second kappa shape index (κ2) is 5.89. The van der Waals surface area contributed by atoms with Gasteiger partial charge in [-0.25, -0.2) is 9.37 Å². The lowest BCUT2D eigenvalue weighted by Crippen LogP contribution is -2.33. The molecule has 1 aromatic heterocycles. The summed E-state index contributed by atoms with van der Waals surface area (Å²) in [6, 6.07) is 2.06.